The van der Waals surface area contributed by atoms with Crippen LogP contribution in [0.1, 0.15) is 36.1 Å². The van der Waals surface area contributed by atoms with E-state index >= 15 is 0 Å². The number of methoxy groups -OCH3 is 2. The summed E-state index contributed by atoms with van der Waals surface area (Å²) in [6.45, 7) is 2.18. The van der Waals surface area contributed by atoms with Crippen LogP contribution in [0.15, 0.2) is 42.5 Å². The van der Waals surface area contributed by atoms with Gasteiger partial charge in [0.1, 0.15) is 11.5 Å². The van der Waals surface area contributed by atoms with E-state index in [4.69, 9.17) is 15.2 Å². The van der Waals surface area contributed by atoms with Crippen LogP contribution in [0.25, 0.3) is 0 Å². The van der Waals surface area contributed by atoms with E-state index in [0.717, 1.165) is 35.5 Å². The van der Waals surface area contributed by atoms with Gasteiger partial charge in [-0.3, -0.25) is 0 Å². The Morgan fingerprint density at radius 2 is 1.86 bits per heavy atom. The number of hydrogen-bond acceptors (Lipinski definition) is 3. The van der Waals surface area contributed by atoms with Gasteiger partial charge in [0.15, 0.2) is 0 Å². The first-order chi connectivity index (χ1) is 10.2. The minimum absolute atomic E-state index is 0.206. The number of hydrogen-bond donors (Lipinski definition) is 1. The first-order valence-corrected chi connectivity index (χ1v) is 7.26. The SMILES string of the molecule is CCCc1cccc(C(N)c2ccc(OC)cc2OC)c1. The van der Waals surface area contributed by atoms with Crippen LogP contribution in [0.3, 0.4) is 0 Å². The molecule has 21 heavy (non-hydrogen) atoms. The smallest absolute Gasteiger partial charge is 0.127 e. The maximum atomic E-state index is 6.43. The maximum absolute atomic E-state index is 6.43. The lowest BCUT2D eigenvalue weighted by atomic mass is 9.96. The molecular formula is C18H23NO2. The topological polar surface area (TPSA) is 44.5 Å². The van der Waals surface area contributed by atoms with Gasteiger partial charge in [-0.25, -0.2) is 0 Å². The summed E-state index contributed by atoms with van der Waals surface area (Å²) in [7, 11) is 3.29. The van der Waals surface area contributed by atoms with Crippen molar-refractivity contribution in [3.8, 4) is 11.5 Å². The monoisotopic (exact) mass is 285 g/mol. The summed E-state index contributed by atoms with van der Waals surface area (Å²) in [4.78, 5) is 0. The third-order valence-electron chi connectivity index (χ3n) is 3.62. The van der Waals surface area contributed by atoms with Crippen LogP contribution in [0.5, 0.6) is 11.5 Å². The molecule has 0 saturated heterocycles. The Morgan fingerprint density at radius 3 is 2.52 bits per heavy atom. The van der Waals surface area contributed by atoms with Crippen molar-refractivity contribution in [3.05, 3.63) is 59.2 Å². The van der Waals surface area contributed by atoms with E-state index in [2.05, 4.69) is 31.2 Å². The molecule has 0 fully saturated rings. The van der Waals surface area contributed by atoms with Crippen molar-refractivity contribution in [3.63, 3.8) is 0 Å². The molecule has 0 aliphatic rings. The molecule has 1 atom stereocenters. The molecular weight excluding hydrogens is 262 g/mol. The van der Waals surface area contributed by atoms with Gasteiger partial charge in [-0.15, -0.1) is 0 Å². The fourth-order valence-electron chi connectivity index (χ4n) is 2.49. The first-order valence-electron chi connectivity index (χ1n) is 7.26. The molecule has 112 valence electrons. The molecule has 0 radical (unpaired) electrons. The normalized spacial score (nSPS) is 12.0. The Morgan fingerprint density at radius 1 is 1.05 bits per heavy atom. The largest absolute Gasteiger partial charge is 0.497 e. The summed E-state index contributed by atoms with van der Waals surface area (Å²) in [5.41, 5.74) is 9.81. The van der Waals surface area contributed by atoms with E-state index in [1.165, 1.54) is 5.56 Å². The minimum Gasteiger partial charge on any atom is -0.497 e. The summed E-state index contributed by atoms with van der Waals surface area (Å²) in [5.74, 6) is 1.52. The molecule has 0 aliphatic heterocycles. The van der Waals surface area contributed by atoms with E-state index < -0.39 is 0 Å². The van der Waals surface area contributed by atoms with Crippen molar-refractivity contribution >= 4 is 0 Å². The highest BCUT2D eigenvalue weighted by molar-refractivity contribution is 5.46. The fraction of sp³-hybridized carbons (Fsp3) is 0.333. The molecule has 2 N–H and O–H groups in total. The summed E-state index contributed by atoms with van der Waals surface area (Å²) >= 11 is 0. The third-order valence-corrected chi connectivity index (χ3v) is 3.62. The van der Waals surface area contributed by atoms with Crippen LogP contribution >= 0.6 is 0 Å². The zero-order valence-corrected chi connectivity index (χ0v) is 12.9. The number of ether oxygens (including phenoxy) is 2. The predicted molar refractivity (Wildman–Crippen MR) is 86.0 cm³/mol. The van der Waals surface area contributed by atoms with Gasteiger partial charge < -0.3 is 15.2 Å². The van der Waals surface area contributed by atoms with E-state index in [-0.39, 0.29) is 6.04 Å². The molecule has 0 aromatic heterocycles. The maximum Gasteiger partial charge on any atom is 0.127 e. The Bertz CT molecular complexity index is 596. The van der Waals surface area contributed by atoms with Crippen LogP contribution in [0, 0.1) is 0 Å². The molecule has 0 amide bonds. The Kier molecular flexibility index (Phi) is 5.23. The number of aryl methyl sites for hydroxylation is 1. The Labute approximate surface area is 126 Å². The molecule has 2 rings (SSSR count). The van der Waals surface area contributed by atoms with Crippen molar-refractivity contribution in [1.29, 1.82) is 0 Å². The molecule has 1 unspecified atom stereocenters. The Balaban J connectivity index is 2.34. The van der Waals surface area contributed by atoms with Crippen LogP contribution in [-0.2, 0) is 6.42 Å². The standard InChI is InChI=1S/C18H23NO2/c1-4-6-13-7-5-8-14(11-13)18(19)16-10-9-15(20-2)12-17(16)21-3/h5,7-12,18H,4,6,19H2,1-3H3. The second-order valence-corrected chi connectivity index (χ2v) is 5.08. The van der Waals surface area contributed by atoms with Crippen molar-refractivity contribution < 1.29 is 9.47 Å². The summed E-state index contributed by atoms with van der Waals surface area (Å²) in [5, 5.41) is 0. The van der Waals surface area contributed by atoms with Crippen LogP contribution < -0.4 is 15.2 Å². The van der Waals surface area contributed by atoms with Gasteiger partial charge in [0.25, 0.3) is 0 Å². The highest BCUT2D eigenvalue weighted by Crippen LogP contribution is 2.31. The molecule has 3 nitrogen and oxygen atoms in total. The summed E-state index contributed by atoms with van der Waals surface area (Å²) in [6.07, 6.45) is 2.20. The lowest BCUT2D eigenvalue weighted by Crippen LogP contribution is -2.13. The second-order valence-electron chi connectivity index (χ2n) is 5.08. The highest BCUT2D eigenvalue weighted by Gasteiger charge is 2.15. The average Bonchev–Trinajstić information content (AvgIpc) is 2.54. The number of nitrogens with two attached hydrogens (primary N) is 1. The fourth-order valence-corrected chi connectivity index (χ4v) is 2.49. The number of rotatable bonds is 6. The van der Waals surface area contributed by atoms with Gasteiger partial charge in [-0.1, -0.05) is 37.6 Å². The quantitative estimate of drug-likeness (QED) is 0.880. The van der Waals surface area contributed by atoms with Gasteiger partial charge >= 0.3 is 0 Å². The van der Waals surface area contributed by atoms with Crippen LogP contribution in [0.4, 0.5) is 0 Å². The van der Waals surface area contributed by atoms with E-state index in [1.54, 1.807) is 14.2 Å². The van der Waals surface area contributed by atoms with Crippen molar-refractivity contribution in [1.82, 2.24) is 0 Å². The zero-order valence-electron chi connectivity index (χ0n) is 12.9. The minimum atomic E-state index is -0.206. The molecule has 3 heteroatoms. The van der Waals surface area contributed by atoms with Crippen LogP contribution in [-0.4, -0.2) is 14.2 Å². The summed E-state index contributed by atoms with van der Waals surface area (Å²) < 4.78 is 10.7. The third kappa shape index (κ3) is 3.56. The lowest BCUT2D eigenvalue weighted by molar-refractivity contribution is 0.390. The summed E-state index contributed by atoms with van der Waals surface area (Å²) in [6, 6.07) is 14.0. The van der Waals surface area contributed by atoms with Gasteiger partial charge in [-0.05, 0) is 29.7 Å². The zero-order chi connectivity index (χ0) is 15.2. The van der Waals surface area contributed by atoms with Crippen molar-refractivity contribution in [2.24, 2.45) is 5.73 Å². The molecule has 0 bridgehead atoms. The lowest BCUT2D eigenvalue weighted by Gasteiger charge is -2.17. The first kappa shape index (κ1) is 15.4. The van der Waals surface area contributed by atoms with E-state index in [0.29, 0.717) is 0 Å². The van der Waals surface area contributed by atoms with E-state index in [9.17, 15) is 0 Å². The van der Waals surface area contributed by atoms with Gasteiger partial charge in [-0.2, -0.15) is 0 Å². The molecule has 2 aromatic rings. The van der Waals surface area contributed by atoms with Gasteiger partial charge in [0, 0.05) is 11.6 Å². The molecule has 0 heterocycles. The molecule has 2 aromatic carbocycles. The average molecular weight is 285 g/mol. The molecule has 0 aliphatic carbocycles. The molecule has 0 spiro atoms. The highest BCUT2D eigenvalue weighted by atomic mass is 16.5. The van der Waals surface area contributed by atoms with Crippen molar-refractivity contribution in [2.75, 3.05) is 14.2 Å². The van der Waals surface area contributed by atoms with Gasteiger partial charge in [0.2, 0.25) is 0 Å². The van der Waals surface area contributed by atoms with Crippen LogP contribution in [0.2, 0.25) is 0 Å². The number of benzene rings is 2. The van der Waals surface area contributed by atoms with E-state index in [1.807, 2.05) is 18.2 Å². The predicted octanol–water partition coefficient (Wildman–Crippen LogP) is 3.70. The Hall–Kier alpha value is -2.00. The van der Waals surface area contributed by atoms with Gasteiger partial charge in [0.05, 0.1) is 20.3 Å². The molecule has 0 saturated carbocycles. The second kappa shape index (κ2) is 7.14. The van der Waals surface area contributed by atoms with Crippen molar-refractivity contribution in [2.45, 2.75) is 25.8 Å².